The summed E-state index contributed by atoms with van der Waals surface area (Å²) >= 11 is 3.30. The molecule has 2 unspecified atom stereocenters. The molecule has 0 aromatic carbocycles. The first kappa shape index (κ1) is 8.46. The highest BCUT2D eigenvalue weighted by Gasteiger charge is 2.36. The molecule has 1 saturated heterocycles. The molecule has 1 rings (SSSR count). The van der Waals surface area contributed by atoms with Gasteiger partial charge in [-0.05, 0) is 0 Å². The van der Waals surface area contributed by atoms with Crippen LogP contribution in [0.2, 0.25) is 0 Å². The molecule has 0 radical (unpaired) electrons. The number of halogens is 1. The van der Waals surface area contributed by atoms with E-state index in [-0.39, 0.29) is 6.10 Å². The fraction of sp³-hybridized carbons (Fsp3) is 1.00. The Balaban J connectivity index is 2.41. The van der Waals surface area contributed by atoms with Gasteiger partial charge in [0, 0.05) is 19.4 Å². The van der Waals surface area contributed by atoms with Gasteiger partial charge in [-0.1, -0.05) is 15.9 Å². The molecule has 0 amide bonds. The summed E-state index contributed by atoms with van der Waals surface area (Å²) in [7, 11) is 1.57. The number of hydrogen-bond acceptors (Lipinski definition) is 3. The first-order chi connectivity index (χ1) is 4.70. The Kier molecular flexibility index (Phi) is 2.68. The van der Waals surface area contributed by atoms with E-state index in [4.69, 9.17) is 14.2 Å². The third kappa shape index (κ3) is 1.69. The lowest BCUT2D eigenvalue weighted by atomic mass is 10.5. The quantitative estimate of drug-likeness (QED) is 0.640. The number of alkyl halides is 1. The second-order valence-corrected chi connectivity index (χ2v) is 2.92. The molecule has 0 bridgehead atoms. The van der Waals surface area contributed by atoms with Crippen LogP contribution in [0.3, 0.4) is 0 Å². The second kappa shape index (κ2) is 3.17. The molecule has 0 saturated carbocycles. The van der Waals surface area contributed by atoms with E-state index in [0.717, 1.165) is 5.33 Å². The van der Waals surface area contributed by atoms with Crippen molar-refractivity contribution in [1.82, 2.24) is 0 Å². The maximum absolute atomic E-state index is 5.36. The van der Waals surface area contributed by atoms with Gasteiger partial charge in [-0.15, -0.1) is 0 Å². The van der Waals surface area contributed by atoms with Gasteiger partial charge in [-0.2, -0.15) is 0 Å². The lowest BCUT2D eigenvalue weighted by Crippen LogP contribution is -2.28. The molecule has 1 fully saturated rings. The summed E-state index contributed by atoms with van der Waals surface area (Å²) in [5.41, 5.74) is 0. The van der Waals surface area contributed by atoms with E-state index in [1.165, 1.54) is 0 Å². The van der Waals surface area contributed by atoms with Crippen LogP contribution in [0.15, 0.2) is 0 Å². The first-order valence-electron chi connectivity index (χ1n) is 3.13. The molecule has 60 valence electrons. The van der Waals surface area contributed by atoms with E-state index in [1.807, 2.05) is 0 Å². The fourth-order valence-electron chi connectivity index (χ4n) is 0.798. The van der Waals surface area contributed by atoms with Crippen molar-refractivity contribution in [3.05, 3.63) is 0 Å². The van der Waals surface area contributed by atoms with Crippen LogP contribution < -0.4 is 0 Å². The van der Waals surface area contributed by atoms with Gasteiger partial charge in [0.2, 0.25) is 0 Å². The van der Waals surface area contributed by atoms with Crippen molar-refractivity contribution >= 4 is 15.9 Å². The highest BCUT2D eigenvalue weighted by atomic mass is 79.9. The summed E-state index contributed by atoms with van der Waals surface area (Å²) in [4.78, 5) is 0. The van der Waals surface area contributed by atoms with Crippen molar-refractivity contribution < 1.29 is 14.2 Å². The molecule has 0 N–H and O–H groups in total. The minimum absolute atomic E-state index is 0.116. The lowest BCUT2D eigenvalue weighted by molar-refractivity contribution is -0.312. The van der Waals surface area contributed by atoms with E-state index in [2.05, 4.69) is 15.9 Å². The number of methoxy groups -OCH3 is 1. The first-order valence-corrected chi connectivity index (χ1v) is 4.25. The van der Waals surface area contributed by atoms with Gasteiger partial charge in [-0.25, -0.2) is 0 Å². The maximum atomic E-state index is 5.36. The molecule has 10 heavy (non-hydrogen) atoms. The van der Waals surface area contributed by atoms with Gasteiger partial charge in [0.25, 0.3) is 5.97 Å². The van der Waals surface area contributed by atoms with Crippen molar-refractivity contribution in [3.8, 4) is 0 Å². The largest absolute Gasteiger partial charge is 0.331 e. The topological polar surface area (TPSA) is 27.7 Å². The standard InChI is InChI=1S/C6H11BrO3/c1-6(8-2)9-4-5(3-7)10-6/h5H,3-4H2,1-2H3. The zero-order valence-corrected chi connectivity index (χ0v) is 7.68. The predicted molar refractivity (Wildman–Crippen MR) is 40.0 cm³/mol. The normalized spacial score (nSPS) is 40.5. The van der Waals surface area contributed by atoms with Gasteiger partial charge in [0.05, 0.1) is 12.7 Å². The molecule has 2 atom stereocenters. The van der Waals surface area contributed by atoms with Gasteiger partial charge < -0.3 is 14.2 Å². The molecule has 0 aromatic heterocycles. The van der Waals surface area contributed by atoms with Crippen molar-refractivity contribution in [2.24, 2.45) is 0 Å². The Morgan fingerprint density at radius 2 is 2.50 bits per heavy atom. The van der Waals surface area contributed by atoms with Crippen LogP contribution in [0.5, 0.6) is 0 Å². The van der Waals surface area contributed by atoms with Crippen molar-refractivity contribution in [1.29, 1.82) is 0 Å². The van der Waals surface area contributed by atoms with Crippen LogP contribution in [-0.2, 0) is 14.2 Å². The van der Waals surface area contributed by atoms with Crippen LogP contribution in [0.4, 0.5) is 0 Å². The van der Waals surface area contributed by atoms with Crippen LogP contribution in [-0.4, -0.2) is 31.1 Å². The van der Waals surface area contributed by atoms with Gasteiger partial charge in [-0.3, -0.25) is 0 Å². The zero-order chi connectivity index (χ0) is 7.61. The fourth-order valence-corrected chi connectivity index (χ4v) is 1.12. The molecule has 1 aliphatic heterocycles. The molecule has 1 heterocycles. The number of hydrogen-bond donors (Lipinski definition) is 0. The molecular weight excluding hydrogens is 200 g/mol. The Labute approximate surface area is 68.8 Å². The van der Waals surface area contributed by atoms with E-state index in [9.17, 15) is 0 Å². The summed E-state index contributed by atoms with van der Waals surface area (Å²) < 4.78 is 15.5. The third-order valence-corrected chi connectivity index (χ3v) is 2.18. The van der Waals surface area contributed by atoms with E-state index >= 15 is 0 Å². The molecule has 0 spiro atoms. The lowest BCUT2D eigenvalue weighted by Gasteiger charge is -2.19. The summed E-state index contributed by atoms with van der Waals surface area (Å²) in [6.07, 6.45) is 0.116. The van der Waals surface area contributed by atoms with Crippen molar-refractivity contribution in [2.45, 2.75) is 19.0 Å². The summed E-state index contributed by atoms with van der Waals surface area (Å²) in [6.45, 7) is 2.35. The highest BCUT2D eigenvalue weighted by Crippen LogP contribution is 2.24. The van der Waals surface area contributed by atoms with Gasteiger partial charge in [0.1, 0.15) is 0 Å². The summed E-state index contributed by atoms with van der Waals surface area (Å²) in [5.74, 6) is -0.821. The highest BCUT2D eigenvalue weighted by molar-refractivity contribution is 9.09. The van der Waals surface area contributed by atoms with Crippen molar-refractivity contribution in [2.75, 3.05) is 19.0 Å². The Hall–Kier alpha value is 0.360. The minimum atomic E-state index is -0.821. The molecule has 0 aromatic rings. The summed E-state index contributed by atoms with van der Waals surface area (Å²) in [6, 6.07) is 0. The SMILES string of the molecule is COC1(C)OCC(CBr)O1. The van der Waals surface area contributed by atoms with Crippen LogP contribution in [0, 0.1) is 0 Å². The Morgan fingerprint density at radius 3 is 2.80 bits per heavy atom. The smallest absolute Gasteiger partial charge is 0.280 e. The van der Waals surface area contributed by atoms with E-state index < -0.39 is 5.97 Å². The number of ether oxygens (including phenoxy) is 3. The zero-order valence-electron chi connectivity index (χ0n) is 6.09. The van der Waals surface area contributed by atoms with Gasteiger partial charge >= 0.3 is 0 Å². The molecule has 4 heteroatoms. The monoisotopic (exact) mass is 210 g/mol. The third-order valence-electron chi connectivity index (χ3n) is 1.46. The van der Waals surface area contributed by atoms with Crippen LogP contribution in [0.25, 0.3) is 0 Å². The second-order valence-electron chi connectivity index (χ2n) is 2.27. The predicted octanol–water partition coefficient (Wildman–Crippen LogP) is 1.12. The Bertz CT molecular complexity index is 120. The average molecular weight is 211 g/mol. The maximum Gasteiger partial charge on any atom is 0.280 e. The molecule has 0 aliphatic carbocycles. The number of rotatable bonds is 2. The van der Waals surface area contributed by atoms with Crippen LogP contribution in [0.1, 0.15) is 6.92 Å². The van der Waals surface area contributed by atoms with Crippen molar-refractivity contribution in [3.63, 3.8) is 0 Å². The van der Waals surface area contributed by atoms with Crippen LogP contribution >= 0.6 is 15.9 Å². The van der Waals surface area contributed by atoms with Gasteiger partial charge in [0.15, 0.2) is 0 Å². The van der Waals surface area contributed by atoms with E-state index in [0.29, 0.717) is 6.61 Å². The molecule has 3 nitrogen and oxygen atoms in total. The Morgan fingerprint density at radius 1 is 1.80 bits per heavy atom. The van der Waals surface area contributed by atoms with E-state index in [1.54, 1.807) is 14.0 Å². The summed E-state index contributed by atoms with van der Waals surface area (Å²) in [5, 5.41) is 0.784. The minimum Gasteiger partial charge on any atom is -0.331 e. The molecule has 1 aliphatic rings. The molecular formula is C6H11BrO3. The average Bonchev–Trinajstić information content (AvgIpc) is 2.33.